The van der Waals surface area contributed by atoms with Crippen LogP contribution in [0.5, 0.6) is 0 Å². The predicted molar refractivity (Wildman–Crippen MR) is 74.7 cm³/mol. The van der Waals surface area contributed by atoms with E-state index in [1.807, 2.05) is 0 Å². The second-order valence-corrected chi connectivity index (χ2v) is 6.31. The summed E-state index contributed by atoms with van der Waals surface area (Å²) in [6, 6.07) is -0.351. The molecule has 0 fully saturated rings. The molecule has 19 heavy (non-hydrogen) atoms. The highest BCUT2D eigenvalue weighted by Gasteiger charge is 2.18. The van der Waals surface area contributed by atoms with Crippen LogP contribution in [0.25, 0.3) is 0 Å². The molecule has 1 aromatic heterocycles. The van der Waals surface area contributed by atoms with Crippen LogP contribution in [0.4, 0.5) is 9.93 Å². The number of hydrogen-bond acceptors (Lipinski definition) is 4. The van der Waals surface area contributed by atoms with Crippen molar-refractivity contribution in [3.63, 3.8) is 0 Å². The number of carboxylic acids is 1. The number of carboxylic acid groups (broad SMARTS) is 1. The van der Waals surface area contributed by atoms with Crippen molar-refractivity contribution in [1.82, 2.24) is 9.88 Å². The van der Waals surface area contributed by atoms with Gasteiger partial charge in [-0.2, -0.15) is 0 Å². The first-order valence-electron chi connectivity index (χ1n) is 5.90. The number of anilines is 1. The molecule has 0 aromatic carbocycles. The summed E-state index contributed by atoms with van der Waals surface area (Å²) < 4.78 is 0. The molecule has 0 radical (unpaired) electrons. The Morgan fingerprint density at radius 3 is 2.58 bits per heavy atom. The Hall–Kier alpha value is -1.63. The lowest BCUT2D eigenvalue weighted by atomic mass is 9.96. The van der Waals surface area contributed by atoms with Gasteiger partial charge in [0.05, 0.1) is 6.42 Å². The number of urea groups is 1. The third-order valence-electron chi connectivity index (χ3n) is 2.47. The Morgan fingerprint density at radius 2 is 2.11 bits per heavy atom. The number of carbonyl (C=O) groups excluding carboxylic acids is 1. The molecule has 2 amide bonds. The molecule has 0 saturated heterocycles. The monoisotopic (exact) mass is 285 g/mol. The van der Waals surface area contributed by atoms with Gasteiger partial charge in [0.25, 0.3) is 0 Å². The summed E-state index contributed by atoms with van der Waals surface area (Å²) in [7, 11) is 1.55. The van der Waals surface area contributed by atoms with Crippen LogP contribution in [0.15, 0.2) is 6.20 Å². The van der Waals surface area contributed by atoms with Gasteiger partial charge >= 0.3 is 12.0 Å². The summed E-state index contributed by atoms with van der Waals surface area (Å²) in [6.07, 6.45) is 1.67. The zero-order valence-corrected chi connectivity index (χ0v) is 12.4. The van der Waals surface area contributed by atoms with Gasteiger partial charge in [-0.15, -0.1) is 11.3 Å². The van der Waals surface area contributed by atoms with E-state index in [9.17, 15) is 9.59 Å². The van der Waals surface area contributed by atoms with E-state index in [1.54, 1.807) is 13.2 Å². The molecule has 6 nitrogen and oxygen atoms in total. The predicted octanol–water partition coefficient (Wildman–Crippen LogP) is 2.38. The number of rotatable bonds is 4. The van der Waals surface area contributed by atoms with Crippen LogP contribution in [-0.4, -0.2) is 40.6 Å². The molecule has 0 spiro atoms. The third-order valence-corrected chi connectivity index (χ3v) is 3.81. The molecule has 1 aromatic rings. The minimum atomic E-state index is -0.927. The van der Waals surface area contributed by atoms with E-state index in [0.29, 0.717) is 5.13 Å². The molecule has 0 bridgehead atoms. The van der Waals surface area contributed by atoms with Gasteiger partial charge in [0.1, 0.15) is 0 Å². The Bertz CT molecular complexity index is 465. The summed E-state index contributed by atoms with van der Waals surface area (Å²) in [5, 5.41) is 11.7. The first-order chi connectivity index (χ1) is 8.70. The molecule has 0 aliphatic heterocycles. The minimum absolute atomic E-state index is 0.00411. The number of nitrogens with one attached hydrogen (secondary N) is 1. The van der Waals surface area contributed by atoms with Crippen LogP contribution >= 0.6 is 11.3 Å². The summed E-state index contributed by atoms with van der Waals surface area (Å²) in [5.74, 6) is -0.927. The van der Waals surface area contributed by atoms with Crippen molar-refractivity contribution in [3.05, 3.63) is 11.1 Å². The van der Waals surface area contributed by atoms with Crippen molar-refractivity contribution in [2.45, 2.75) is 32.6 Å². The molecule has 0 aliphatic rings. The quantitative estimate of drug-likeness (QED) is 0.889. The molecule has 2 N–H and O–H groups in total. The van der Waals surface area contributed by atoms with Crippen LogP contribution < -0.4 is 5.32 Å². The van der Waals surface area contributed by atoms with Crippen molar-refractivity contribution < 1.29 is 14.7 Å². The summed E-state index contributed by atoms with van der Waals surface area (Å²) in [4.78, 5) is 28.8. The van der Waals surface area contributed by atoms with Crippen molar-refractivity contribution in [3.8, 4) is 0 Å². The molecule has 106 valence electrons. The normalized spacial score (nSPS) is 11.2. The molecule has 0 aliphatic carbocycles. The third kappa shape index (κ3) is 4.86. The van der Waals surface area contributed by atoms with Crippen molar-refractivity contribution in [1.29, 1.82) is 0 Å². The van der Waals surface area contributed by atoms with Gasteiger partial charge in [0.2, 0.25) is 0 Å². The number of aliphatic carboxylic acids is 1. The van der Waals surface area contributed by atoms with Crippen molar-refractivity contribution >= 4 is 28.5 Å². The van der Waals surface area contributed by atoms with Gasteiger partial charge in [-0.1, -0.05) is 20.8 Å². The highest BCUT2D eigenvalue weighted by atomic mass is 32.1. The fraction of sp³-hybridized carbons (Fsp3) is 0.583. The first kappa shape index (κ1) is 15.4. The van der Waals surface area contributed by atoms with E-state index in [4.69, 9.17) is 5.11 Å². The van der Waals surface area contributed by atoms with Gasteiger partial charge in [-0.05, 0) is 5.41 Å². The van der Waals surface area contributed by atoms with E-state index >= 15 is 0 Å². The number of hydrogen-bond donors (Lipinski definition) is 2. The second-order valence-electron chi connectivity index (χ2n) is 5.28. The van der Waals surface area contributed by atoms with Crippen molar-refractivity contribution in [2.24, 2.45) is 0 Å². The molecule has 1 rings (SSSR count). The van der Waals surface area contributed by atoms with Gasteiger partial charge in [-0.25, -0.2) is 9.78 Å². The SMILES string of the molecule is CN(CCC(=O)O)C(=O)Nc1ncc(C(C)(C)C)s1. The molecular formula is C12H19N3O3S. The lowest BCUT2D eigenvalue weighted by Gasteiger charge is -2.16. The van der Waals surface area contributed by atoms with Gasteiger partial charge < -0.3 is 10.0 Å². The Kier molecular flexibility index (Phi) is 4.88. The maximum absolute atomic E-state index is 11.8. The average Bonchev–Trinajstić information content (AvgIpc) is 2.73. The summed E-state index contributed by atoms with van der Waals surface area (Å²) in [6.45, 7) is 6.39. The van der Waals surface area contributed by atoms with Crippen molar-refractivity contribution in [2.75, 3.05) is 18.9 Å². The van der Waals surface area contributed by atoms with E-state index in [1.165, 1.54) is 16.2 Å². The lowest BCUT2D eigenvalue weighted by Crippen LogP contribution is -2.33. The Labute approximate surface area is 116 Å². The van der Waals surface area contributed by atoms with Crippen LogP contribution in [0, 0.1) is 0 Å². The van der Waals surface area contributed by atoms with Gasteiger partial charge in [0, 0.05) is 24.7 Å². The number of carbonyl (C=O) groups is 2. The van der Waals surface area contributed by atoms with E-state index in [-0.39, 0.29) is 24.4 Å². The fourth-order valence-corrected chi connectivity index (χ4v) is 2.09. The number of thiazole rings is 1. The maximum Gasteiger partial charge on any atom is 0.323 e. The van der Waals surface area contributed by atoms with E-state index in [2.05, 4.69) is 31.1 Å². The molecule has 1 heterocycles. The average molecular weight is 285 g/mol. The van der Waals surface area contributed by atoms with Crippen LogP contribution in [0.2, 0.25) is 0 Å². The smallest absolute Gasteiger partial charge is 0.323 e. The topological polar surface area (TPSA) is 82.5 Å². The van der Waals surface area contributed by atoms with Crippen LogP contribution in [0.1, 0.15) is 32.1 Å². The number of amides is 2. The zero-order chi connectivity index (χ0) is 14.6. The first-order valence-corrected chi connectivity index (χ1v) is 6.72. The van der Waals surface area contributed by atoms with Crippen LogP contribution in [-0.2, 0) is 10.2 Å². The standard InChI is InChI=1S/C12H19N3O3S/c1-12(2,3)8-7-13-10(19-8)14-11(18)15(4)6-5-9(16)17/h7H,5-6H2,1-4H3,(H,16,17)(H,13,14,18). The Balaban J connectivity index is 2.57. The van der Waals surface area contributed by atoms with E-state index in [0.717, 1.165) is 4.88 Å². The van der Waals surface area contributed by atoms with Crippen LogP contribution in [0.3, 0.4) is 0 Å². The largest absolute Gasteiger partial charge is 0.481 e. The lowest BCUT2D eigenvalue weighted by molar-refractivity contribution is -0.137. The minimum Gasteiger partial charge on any atom is -0.481 e. The highest BCUT2D eigenvalue weighted by molar-refractivity contribution is 7.15. The fourth-order valence-electron chi connectivity index (χ4n) is 1.23. The summed E-state index contributed by atoms with van der Waals surface area (Å²) >= 11 is 1.42. The van der Waals surface area contributed by atoms with Gasteiger partial charge in [-0.3, -0.25) is 10.1 Å². The molecule has 0 unspecified atom stereocenters. The van der Waals surface area contributed by atoms with E-state index < -0.39 is 5.97 Å². The zero-order valence-electron chi connectivity index (χ0n) is 11.6. The maximum atomic E-state index is 11.8. The molecule has 0 saturated carbocycles. The number of nitrogens with zero attached hydrogens (tertiary/aromatic N) is 2. The molecule has 7 heteroatoms. The highest BCUT2D eigenvalue weighted by Crippen LogP contribution is 2.30. The summed E-state index contributed by atoms with van der Waals surface area (Å²) in [5.41, 5.74) is -0.00411. The van der Waals surface area contributed by atoms with Gasteiger partial charge in [0.15, 0.2) is 5.13 Å². The number of aromatic nitrogens is 1. The molecular weight excluding hydrogens is 266 g/mol. The second kappa shape index (κ2) is 6.01. The Morgan fingerprint density at radius 1 is 1.47 bits per heavy atom. The molecule has 0 atom stereocenters.